The highest BCUT2D eigenvalue weighted by Gasteiger charge is 2.46. The summed E-state index contributed by atoms with van der Waals surface area (Å²) >= 11 is 0. The maximum atomic E-state index is 12.8. The van der Waals surface area contributed by atoms with E-state index in [9.17, 15) is 4.79 Å². The number of carbonyl (C=O) groups is 1. The first-order valence-corrected chi connectivity index (χ1v) is 7.08. The molecule has 0 atom stereocenters. The van der Waals surface area contributed by atoms with Crippen LogP contribution in [0.1, 0.15) is 32.6 Å². The number of carbonyl (C=O) groups excluding carboxylic acids is 1. The summed E-state index contributed by atoms with van der Waals surface area (Å²) in [5, 5.41) is 21.2. The summed E-state index contributed by atoms with van der Waals surface area (Å²) in [4.78, 5) is 14.4. The van der Waals surface area contributed by atoms with Gasteiger partial charge in [0.2, 0.25) is 5.91 Å². The number of ether oxygens (including phenoxy) is 1. The third kappa shape index (κ3) is 3.61. The smallest absolute Gasteiger partial charge is 0.236 e. The molecule has 116 valence electrons. The Balaban J connectivity index is 2.95. The molecule has 7 nitrogen and oxygen atoms in total. The second-order valence-corrected chi connectivity index (χ2v) is 5.05. The summed E-state index contributed by atoms with van der Waals surface area (Å²) in [7, 11) is 0. The predicted molar refractivity (Wildman–Crippen MR) is 74.5 cm³/mol. The number of hydrogen-bond donors (Lipinski definition) is 3. The lowest BCUT2D eigenvalue weighted by molar-refractivity contribution is -0.143. The van der Waals surface area contributed by atoms with E-state index in [0.717, 1.165) is 12.8 Å². The Bertz CT molecular complexity index is 341. The predicted octanol–water partition coefficient (Wildman–Crippen LogP) is 0.151. The molecule has 1 aliphatic heterocycles. The molecule has 0 saturated carbocycles. The highest BCUT2D eigenvalue weighted by molar-refractivity contribution is 6.06. The van der Waals surface area contributed by atoms with Gasteiger partial charge in [-0.3, -0.25) is 4.79 Å². The van der Waals surface area contributed by atoms with Crippen LogP contribution in [0.25, 0.3) is 0 Å². The Kier molecular flexibility index (Phi) is 6.74. The van der Waals surface area contributed by atoms with Crippen LogP contribution in [0, 0.1) is 5.41 Å². The van der Waals surface area contributed by atoms with Crippen LogP contribution in [0.15, 0.2) is 5.16 Å². The molecule has 0 aromatic heterocycles. The van der Waals surface area contributed by atoms with Crippen LogP contribution in [0.3, 0.4) is 0 Å². The molecule has 1 amide bonds. The van der Waals surface area contributed by atoms with Crippen molar-refractivity contribution in [2.75, 3.05) is 32.9 Å². The summed E-state index contributed by atoms with van der Waals surface area (Å²) in [6, 6.07) is 0. The normalized spacial score (nSPS) is 18.8. The molecule has 1 aliphatic rings. The third-order valence-electron chi connectivity index (χ3n) is 3.79. The van der Waals surface area contributed by atoms with Gasteiger partial charge in [-0.05, 0) is 19.3 Å². The molecule has 0 aliphatic carbocycles. The van der Waals surface area contributed by atoms with Crippen molar-refractivity contribution in [3.8, 4) is 0 Å². The molecule has 1 heterocycles. The number of rotatable bonds is 7. The van der Waals surface area contributed by atoms with E-state index in [2.05, 4.69) is 5.16 Å². The Morgan fingerprint density at radius 3 is 2.55 bits per heavy atom. The van der Waals surface area contributed by atoms with Crippen molar-refractivity contribution < 1.29 is 19.8 Å². The van der Waals surface area contributed by atoms with E-state index in [0.29, 0.717) is 32.6 Å². The molecule has 0 radical (unpaired) electrons. The van der Waals surface area contributed by atoms with Gasteiger partial charge in [0.25, 0.3) is 0 Å². The summed E-state index contributed by atoms with van der Waals surface area (Å²) in [6.45, 7) is 3.58. The van der Waals surface area contributed by atoms with Gasteiger partial charge in [-0.2, -0.15) is 0 Å². The Hall–Kier alpha value is -1.34. The standard InChI is InChI=1S/C13H25N3O4/c1-2-3-6-16(7-8-17)12(18)13(11(14)15-19)4-9-20-10-5-13/h17,19H,2-10H2,1H3,(H2,14,15). The molecular weight excluding hydrogens is 262 g/mol. The van der Waals surface area contributed by atoms with Gasteiger partial charge in [-0.25, -0.2) is 0 Å². The average molecular weight is 287 g/mol. The van der Waals surface area contributed by atoms with E-state index in [1.165, 1.54) is 0 Å². The first-order valence-electron chi connectivity index (χ1n) is 7.08. The number of nitrogens with zero attached hydrogens (tertiary/aromatic N) is 2. The zero-order valence-electron chi connectivity index (χ0n) is 12.0. The topological polar surface area (TPSA) is 108 Å². The number of unbranched alkanes of at least 4 members (excludes halogenated alkanes) is 1. The lowest BCUT2D eigenvalue weighted by Crippen LogP contribution is -2.54. The van der Waals surface area contributed by atoms with Crippen LogP contribution in [0.4, 0.5) is 0 Å². The molecular formula is C13H25N3O4. The van der Waals surface area contributed by atoms with E-state index < -0.39 is 5.41 Å². The fourth-order valence-electron chi connectivity index (χ4n) is 2.48. The summed E-state index contributed by atoms with van der Waals surface area (Å²) in [5.41, 5.74) is 4.78. The first kappa shape index (κ1) is 16.7. The van der Waals surface area contributed by atoms with Crippen molar-refractivity contribution in [2.24, 2.45) is 16.3 Å². The van der Waals surface area contributed by atoms with Crippen LogP contribution in [0.2, 0.25) is 0 Å². The van der Waals surface area contributed by atoms with Crippen LogP contribution in [0.5, 0.6) is 0 Å². The number of aliphatic hydroxyl groups is 1. The molecule has 4 N–H and O–H groups in total. The largest absolute Gasteiger partial charge is 0.409 e. The van der Waals surface area contributed by atoms with Crippen molar-refractivity contribution in [1.82, 2.24) is 4.90 Å². The van der Waals surface area contributed by atoms with E-state index >= 15 is 0 Å². The van der Waals surface area contributed by atoms with Gasteiger partial charge in [0.1, 0.15) is 5.41 Å². The molecule has 1 rings (SSSR count). The van der Waals surface area contributed by atoms with Crippen molar-refractivity contribution in [3.05, 3.63) is 0 Å². The fourth-order valence-corrected chi connectivity index (χ4v) is 2.48. The lowest BCUT2D eigenvalue weighted by atomic mass is 9.77. The van der Waals surface area contributed by atoms with Crippen LogP contribution < -0.4 is 5.73 Å². The second kappa shape index (κ2) is 8.06. The molecule has 20 heavy (non-hydrogen) atoms. The van der Waals surface area contributed by atoms with E-state index in [1.807, 2.05) is 6.92 Å². The van der Waals surface area contributed by atoms with Crippen molar-refractivity contribution in [1.29, 1.82) is 0 Å². The highest BCUT2D eigenvalue weighted by atomic mass is 16.5. The quantitative estimate of drug-likeness (QED) is 0.267. The fraction of sp³-hybridized carbons (Fsp3) is 0.846. The zero-order valence-corrected chi connectivity index (χ0v) is 12.0. The number of nitrogens with two attached hydrogens (primary N) is 1. The molecule has 0 unspecified atom stereocenters. The monoisotopic (exact) mass is 287 g/mol. The zero-order chi connectivity index (χ0) is 15.0. The number of amidine groups is 1. The molecule has 1 fully saturated rings. The molecule has 1 saturated heterocycles. The molecule has 7 heteroatoms. The van der Waals surface area contributed by atoms with E-state index in [-0.39, 0.29) is 24.9 Å². The summed E-state index contributed by atoms with van der Waals surface area (Å²) in [5.74, 6) is -0.246. The van der Waals surface area contributed by atoms with Crippen molar-refractivity contribution >= 4 is 11.7 Å². The third-order valence-corrected chi connectivity index (χ3v) is 3.79. The van der Waals surface area contributed by atoms with E-state index in [1.54, 1.807) is 4.90 Å². The van der Waals surface area contributed by atoms with Crippen LogP contribution in [-0.4, -0.2) is 59.9 Å². The average Bonchev–Trinajstić information content (AvgIpc) is 2.50. The van der Waals surface area contributed by atoms with E-state index in [4.69, 9.17) is 20.8 Å². The number of oxime groups is 1. The van der Waals surface area contributed by atoms with Gasteiger partial charge in [0.05, 0.1) is 6.61 Å². The maximum Gasteiger partial charge on any atom is 0.236 e. The van der Waals surface area contributed by atoms with Crippen LogP contribution in [-0.2, 0) is 9.53 Å². The maximum absolute atomic E-state index is 12.8. The Morgan fingerprint density at radius 2 is 2.05 bits per heavy atom. The molecule has 0 spiro atoms. The SMILES string of the molecule is CCCCN(CCO)C(=O)C1(C(N)=NO)CCOCC1. The second-order valence-electron chi connectivity index (χ2n) is 5.05. The molecule has 0 aromatic carbocycles. The number of amides is 1. The summed E-state index contributed by atoms with van der Waals surface area (Å²) < 4.78 is 5.28. The van der Waals surface area contributed by atoms with Gasteiger partial charge in [0, 0.05) is 26.3 Å². The van der Waals surface area contributed by atoms with Crippen LogP contribution >= 0.6 is 0 Å². The van der Waals surface area contributed by atoms with Gasteiger partial charge in [-0.1, -0.05) is 18.5 Å². The Labute approximate surface area is 119 Å². The number of aliphatic hydroxyl groups excluding tert-OH is 1. The Morgan fingerprint density at radius 1 is 1.40 bits per heavy atom. The first-order chi connectivity index (χ1) is 9.62. The van der Waals surface area contributed by atoms with Gasteiger partial charge < -0.3 is 25.7 Å². The minimum absolute atomic E-state index is 0.0646. The highest BCUT2D eigenvalue weighted by Crippen LogP contribution is 2.33. The van der Waals surface area contributed by atoms with Gasteiger partial charge in [-0.15, -0.1) is 0 Å². The number of hydrogen-bond acceptors (Lipinski definition) is 5. The van der Waals surface area contributed by atoms with Gasteiger partial charge >= 0.3 is 0 Å². The summed E-state index contributed by atoms with van der Waals surface area (Å²) in [6.07, 6.45) is 2.61. The van der Waals surface area contributed by atoms with Crippen molar-refractivity contribution in [2.45, 2.75) is 32.6 Å². The lowest BCUT2D eigenvalue weighted by Gasteiger charge is -2.38. The van der Waals surface area contributed by atoms with Crippen molar-refractivity contribution in [3.63, 3.8) is 0 Å². The minimum Gasteiger partial charge on any atom is -0.409 e. The molecule has 0 bridgehead atoms. The molecule has 0 aromatic rings. The van der Waals surface area contributed by atoms with Gasteiger partial charge in [0.15, 0.2) is 5.84 Å². The minimum atomic E-state index is -1.00.